The minimum absolute atomic E-state index is 0.115. The standard InChI is InChI=1S/C17H22N2O2/c1-12-10-14(13(2)19(12)4)16(20)11-18(3)15-8-6-7-9-17(15)21-5/h6-10H,11H2,1-5H3. The second-order valence-electron chi connectivity index (χ2n) is 5.29. The Hall–Kier alpha value is -2.23. The van der Waals surface area contributed by atoms with Crippen molar-refractivity contribution in [1.29, 1.82) is 0 Å². The molecule has 0 aliphatic carbocycles. The van der Waals surface area contributed by atoms with Crippen molar-refractivity contribution < 1.29 is 9.53 Å². The number of nitrogens with zero attached hydrogens (tertiary/aromatic N) is 2. The first-order valence-corrected chi connectivity index (χ1v) is 6.96. The Kier molecular flexibility index (Phi) is 4.36. The summed E-state index contributed by atoms with van der Waals surface area (Å²) in [7, 11) is 5.52. The van der Waals surface area contributed by atoms with Gasteiger partial charge in [-0.2, -0.15) is 0 Å². The summed E-state index contributed by atoms with van der Waals surface area (Å²) in [6.07, 6.45) is 0. The Morgan fingerprint density at radius 2 is 1.95 bits per heavy atom. The third kappa shape index (κ3) is 2.94. The van der Waals surface area contributed by atoms with Gasteiger partial charge in [0.15, 0.2) is 5.78 Å². The topological polar surface area (TPSA) is 34.5 Å². The van der Waals surface area contributed by atoms with Gasteiger partial charge >= 0.3 is 0 Å². The smallest absolute Gasteiger partial charge is 0.183 e. The van der Waals surface area contributed by atoms with Crippen molar-refractivity contribution in [2.24, 2.45) is 7.05 Å². The summed E-state index contributed by atoms with van der Waals surface area (Å²) in [4.78, 5) is 14.4. The van der Waals surface area contributed by atoms with Crippen LogP contribution in [0.5, 0.6) is 5.75 Å². The molecule has 2 aromatic rings. The van der Waals surface area contributed by atoms with Crippen LogP contribution in [-0.2, 0) is 7.05 Å². The lowest BCUT2D eigenvalue weighted by Gasteiger charge is -2.20. The number of methoxy groups -OCH3 is 1. The molecule has 0 bridgehead atoms. The minimum Gasteiger partial charge on any atom is -0.495 e. The molecule has 1 aromatic carbocycles. The first-order chi connectivity index (χ1) is 9.95. The van der Waals surface area contributed by atoms with E-state index in [1.165, 1.54) is 0 Å². The predicted molar refractivity (Wildman–Crippen MR) is 85.5 cm³/mol. The van der Waals surface area contributed by atoms with E-state index in [0.29, 0.717) is 6.54 Å². The fraction of sp³-hybridized carbons (Fsp3) is 0.353. The van der Waals surface area contributed by atoms with Crippen LogP contribution < -0.4 is 9.64 Å². The molecule has 0 spiro atoms. The molecule has 0 saturated carbocycles. The molecule has 0 aliphatic heterocycles. The lowest BCUT2D eigenvalue weighted by Crippen LogP contribution is -2.26. The molecule has 0 saturated heterocycles. The SMILES string of the molecule is COc1ccccc1N(C)CC(=O)c1cc(C)n(C)c1C. The number of aromatic nitrogens is 1. The number of ketones is 1. The lowest BCUT2D eigenvalue weighted by molar-refractivity contribution is 0.0999. The fourth-order valence-electron chi connectivity index (χ4n) is 2.47. The molecule has 21 heavy (non-hydrogen) atoms. The number of hydrogen-bond donors (Lipinski definition) is 0. The normalized spacial score (nSPS) is 10.5. The van der Waals surface area contributed by atoms with Crippen molar-refractivity contribution in [3.8, 4) is 5.75 Å². The van der Waals surface area contributed by atoms with Crippen molar-refractivity contribution in [2.45, 2.75) is 13.8 Å². The molecule has 112 valence electrons. The summed E-state index contributed by atoms with van der Waals surface area (Å²) in [5, 5.41) is 0. The third-order valence-electron chi connectivity index (χ3n) is 3.95. The molecule has 0 radical (unpaired) electrons. The molecular formula is C17H22N2O2. The summed E-state index contributed by atoms with van der Waals surface area (Å²) in [6, 6.07) is 9.66. The van der Waals surface area contributed by atoms with Crippen LogP contribution in [0, 0.1) is 13.8 Å². The molecule has 4 nitrogen and oxygen atoms in total. The Morgan fingerprint density at radius 1 is 1.29 bits per heavy atom. The van der Waals surface area contributed by atoms with Gasteiger partial charge in [0.05, 0.1) is 19.3 Å². The predicted octanol–water partition coefficient (Wildman–Crippen LogP) is 2.97. The average molecular weight is 286 g/mol. The van der Waals surface area contributed by atoms with Crippen LogP contribution in [0.4, 0.5) is 5.69 Å². The summed E-state index contributed by atoms with van der Waals surface area (Å²) < 4.78 is 7.38. The van der Waals surface area contributed by atoms with E-state index in [9.17, 15) is 4.79 Å². The summed E-state index contributed by atoms with van der Waals surface area (Å²) in [6.45, 7) is 4.31. The summed E-state index contributed by atoms with van der Waals surface area (Å²) >= 11 is 0. The molecule has 0 fully saturated rings. The second-order valence-corrected chi connectivity index (χ2v) is 5.29. The van der Waals surface area contributed by atoms with Gasteiger partial charge in [0.25, 0.3) is 0 Å². The van der Waals surface area contributed by atoms with Crippen LogP contribution >= 0.6 is 0 Å². The highest BCUT2D eigenvalue weighted by molar-refractivity contribution is 6.00. The van der Waals surface area contributed by atoms with Crippen LogP contribution in [0.15, 0.2) is 30.3 Å². The number of ether oxygens (including phenoxy) is 1. The first-order valence-electron chi connectivity index (χ1n) is 6.96. The number of carbonyl (C=O) groups is 1. The molecule has 0 unspecified atom stereocenters. The molecule has 0 amide bonds. The first kappa shape index (κ1) is 15.2. The van der Waals surface area contributed by atoms with Crippen LogP contribution in [0.25, 0.3) is 0 Å². The Labute approximate surface area is 125 Å². The highest BCUT2D eigenvalue weighted by atomic mass is 16.5. The number of benzene rings is 1. The largest absolute Gasteiger partial charge is 0.495 e. The number of hydrogen-bond acceptors (Lipinski definition) is 3. The summed E-state index contributed by atoms with van der Waals surface area (Å²) in [5.41, 5.74) is 3.80. The van der Waals surface area contributed by atoms with Gasteiger partial charge in [0.1, 0.15) is 5.75 Å². The van der Waals surface area contributed by atoms with Gasteiger partial charge in [0.2, 0.25) is 0 Å². The van der Waals surface area contributed by atoms with Crippen LogP contribution in [0.3, 0.4) is 0 Å². The molecule has 1 aromatic heterocycles. The van der Waals surface area contributed by atoms with E-state index in [1.807, 2.05) is 67.7 Å². The monoisotopic (exact) mass is 286 g/mol. The minimum atomic E-state index is 0.115. The maximum atomic E-state index is 12.5. The molecule has 2 rings (SSSR count). The van der Waals surface area contributed by atoms with E-state index < -0.39 is 0 Å². The molecule has 0 atom stereocenters. The highest BCUT2D eigenvalue weighted by Crippen LogP contribution is 2.27. The number of aryl methyl sites for hydroxylation is 1. The Morgan fingerprint density at radius 3 is 2.52 bits per heavy atom. The van der Waals surface area contributed by atoms with Gasteiger partial charge in [-0.15, -0.1) is 0 Å². The molecule has 0 N–H and O–H groups in total. The van der Waals surface area contributed by atoms with Crippen LogP contribution in [0.2, 0.25) is 0 Å². The third-order valence-corrected chi connectivity index (χ3v) is 3.95. The molecule has 0 aliphatic rings. The summed E-state index contributed by atoms with van der Waals surface area (Å²) in [5.74, 6) is 0.887. The van der Waals surface area contributed by atoms with Gasteiger partial charge in [-0.1, -0.05) is 12.1 Å². The Balaban J connectivity index is 2.21. The molecule has 4 heteroatoms. The highest BCUT2D eigenvalue weighted by Gasteiger charge is 2.17. The zero-order valence-electron chi connectivity index (χ0n) is 13.3. The van der Waals surface area contributed by atoms with Crippen molar-refractivity contribution in [3.63, 3.8) is 0 Å². The van der Waals surface area contributed by atoms with Crippen molar-refractivity contribution in [2.75, 3.05) is 25.6 Å². The molecular weight excluding hydrogens is 264 g/mol. The number of anilines is 1. The zero-order chi connectivity index (χ0) is 15.6. The van der Waals surface area contributed by atoms with Crippen molar-refractivity contribution >= 4 is 11.5 Å². The van der Waals surface area contributed by atoms with Crippen LogP contribution in [-0.4, -0.2) is 31.1 Å². The van der Waals surface area contributed by atoms with E-state index in [0.717, 1.165) is 28.4 Å². The van der Waals surface area contributed by atoms with Gasteiger partial charge in [-0.25, -0.2) is 0 Å². The van der Waals surface area contributed by atoms with E-state index in [1.54, 1.807) is 7.11 Å². The zero-order valence-corrected chi connectivity index (χ0v) is 13.3. The number of likely N-dealkylation sites (N-methyl/N-ethyl adjacent to an activating group) is 1. The fourth-order valence-corrected chi connectivity index (χ4v) is 2.47. The maximum absolute atomic E-state index is 12.5. The quantitative estimate of drug-likeness (QED) is 0.793. The van der Waals surface area contributed by atoms with E-state index in [2.05, 4.69) is 0 Å². The maximum Gasteiger partial charge on any atom is 0.183 e. The van der Waals surface area contributed by atoms with Crippen molar-refractivity contribution in [3.05, 3.63) is 47.3 Å². The van der Waals surface area contributed by atoms with Crippen LogP contribution in [0.1, 0.15) is 21.7 Å². The van der Waals surface area contributed by atoms with E-state index in [4.69, 9.17) is 4.74 Å². The van der Waals surface area contributed by atoms with Gasteiger partial charge in [-0.3, -0.25) is 4.79 Å². The van der Waals surface area contributed by atoms with E-state index >= 15 is 0 Å². The van der Waals surface area contributed by atoms with Gasteiger partial charge < -0.3 is 14.2 Å². The number of Topliss-reactive ketones (excluding diaryl/α,β-unsaturated/α-hetero) is 1. The van der Waals surface area contributed by atoms with Gasteiger partial charge in [-0.05, 0) is 32.0 Å². The van der Waals surface area contributed by atoms with Gasteiger partial charge in [0, 0.05) is 31.0 Å². The number of para-hydroxylation sites is 2. The molecule has 1 heterocycles. The Bertz CT molecular complexity index is 659. The average Bonchev–Trinajstić information content (AvgIpc) is 2.74. The lowest BCUT2D eigenvalue weighted by atomic mass is 10.1. The van der Waals surface area contributed by atoms with Crippen molar-refractivity contribution in [1.82, 2.24) is 4.57 Å². The second kappa shape index (κ2) is 6.04. The van der Waals surface area contributed by atoms with E-state index in [-0.39, 0.29) is 5.78 Å². The number of rotatable bonds is 5. The number of carbonyl (C=O) groups excluding carboxylic acids is 1.